The number of ether oxygens (including phenoxy) is 1. The van der Waals surface area contributed by atoms with E-state index < -0.39 is 16.9 Å². The lowest BCUT2D eigenvalue weighted by molar-refractivity contribution is -0.0462. The van der Waals surface area contributed by atoms with E-state index in [1.54, 1.807) is 18.2 Å². The molecule has 0 aliphatic carbocycles. The number of hydrogen-bond acceptors (Lipinski definition) is 4. The molecule has 2 rings (SSSR count). The number of hydrogen-bond donors (Lipinski definition) is 1. The quantitative estimate of drug-likeness (QED) is 0.780. The number of aromatic amines is 1. The Kier molecular flexibility index (Phi) is 5.70. The van der Waals surface area contributed by atoms with Gasteiger partial charge in [0.25, 0.3) is 0 Å². The van der Waals surface area contributed by atoms with Crippen molar-refractivity contribution in [3.05, 3.63) is 67.1 Å². The molecule has 0 saturated carbocycles. The van der Waals surface area contributed by atoms with E-state index in [1.807, 2.05) is 13.8 Å². The molecule has 0 spiro atoms. The van der Waals surface area contributed by atoms with Crippen molar-refractivity contribution in [1.29, 1.82) is 0 Å². The maximum atomic E-state index is 13.8. The minimum atomic E-state index is -0.721. The monoisotopic (exact) mass is 334 g/mol. The summed E-state index contributed by atoms with van der Waals surface area (Å²) in [6, 6.07) is 6.02. The summed E-state index contributed by atoms with van der Waals surface area (Å²) in [7, 11) is 1.37. The van der Waals surface area contributed by atoms with Gasteiger partial charge in [-0.15, -0.1) is 0 Å². The molecule has 2 aromatic rings. The van der Waals surface area contributed by atoms with Crippen LogP contribution in [0.2, 0.25) is 0 Å². The fraction of sp³-hybridized carbons (Fsp3) is 0.294. The molecule has 0 atom stereocenters. The Morgan fingerprint density at radius 3 is 2.50 bits per heavy atom. The summed E-state index contributed by atoms with van der Waals surface area (Å²) in [6.07, 6.45) is 2.99. The van der Waals surface area contributed by atoms with Crippen molar-refractivity contribution >= 4 is 12.2 Å². The van der Waals surface area contributed by atoms with Crippen LogP contribution in [-0.4, -0.2) is 23.6 Å². The van der Waals surface area contributed by atoms with Crippen molar-refractivity contribution in [1.82, 2.24) is 9.71 Å². The summed E-state index contributed by atoms with van der Waals surface area (Å²) >= 11 is 0. The van der Waals surface area contributed by atoms with E-state index in [9.17, 15) is 14.0 Å². The Bertz CT molecular complexity index is 944. The van der Waals surface area contributed by atoms with Crippen LogP contribution in [0.15, 0.2) is 33.9 Å². The predicted octanol–water partition coefficient (Wildman–Crippen LogP) is -0.0265. The summed E-state index contributed by atoms with van der Waals surface area (Å²) in [5.74, 6) is -0.418. The van der Waals surface area contributed by atoms with E-state index in [2.05, 4.69) is 4.98 Å². The highest BCUT2D eigenvalue weighted by atomic mass is 19.1. The van der Waals surface area contributed by atoms with Gasteiger partial charge in [0.15, 0.2) is 0 Å². The molecule has 0 aliphatic rings. The number of rotatable bonds is 5. The lowest BCUT2D eigenvalue weighted by Crippen LogP contribution is -2.55. The molecule has 7 heteroatoms. The Morgan fingerprint density at radius 2 is 1.88 bits per heavy atom. The molecule has 0 radical (unpaired) electrons. The molecule has 0 aliphatic heterocycles. The Labute approximate surface area is 137 Å². The minimum Gasteiger partial charge on any atom is -0.378 e. The van der Waals surface area contributed by atoms with Gasteiger partial charge in [0.2, 0.25) is 6.79 Å². The minimum absolute atomic E-state index is 0.0303. The normalized spacial score (nSPS) is 12.9. The molecule has 1 aromatic carbocycles. The zero-order valence-electron chi connectivity index (χ0n) is 13.7. The van der Waals surface area contributed by atoms with Crippen LogP contribution in [-0.2, 0) is 4.74 Å². The number of benzene rings is 1. The second-order valence-corrected chi connectivity index (χ2v) is 5.47. The molecule has 1 aromatic heterocycles. The number of aromatic nitrogens is 2. The lowest BCUT2D eigenvalue weighted by Gasteiger charge is -2.06. The van der Waals surface area contributed by atoms with E-state index in [-0.39, 0.29) is 29.0 Å². The average Bonchev–Trinajstić information content (AvgIpc) is 2.53. The van der Waals surface area contributed by atoms with Gasteiger partial charge in [-0.2, -0.15) is 0 Å². The first-order valence-corrected chi connectivity index (χ1v) is 7.39. The molecule has 0 fully saturated rings. The topological polar surface area (TPSA) is 73.3 Å². The highest BCUT2D eigenvalue weighted by Gasteiger charge is 2.08. The number of H-pyrrole nitrogens is 1. The van der Waals surface area contributed by atoms with Crippen LogP contribution in [0, 0.1) is 11.7 Å². The van der Waals surface area contributed by atoms with Crippen molar-refractivity contribution in [3.8, 4) is 0 Å². The third kappa shape index (κ3) is 3.99. The van der Waals surface area contributed by atoms with Gasteiger partial charge >= 0.3 is 11.1 Å². The zero-order chi connectivity index (χ0) is 17.7. The van der Waals surface area contributed by atoms with Gasteiger partial charge in [0.05, 0.1) is 0 Å². The third-order valence-electron chi connectivity index (χ3n) is 3.10. The molecule has 0 amide bonds. The van der Waals surface area contributed by atoms with Crippen LogP contribution in [0.1, 0.15) is 19.4 Å². The summed E-state index contributed by atoms with van der Waals surface area (Å²) < 4.78 is 19.2. The first-order valence-electron chi connectivity index (χ1n) is 7.39. The van der Waals surface area contributed by atoms with Crippen molar-refractivity contribution in [3.63, 3.8) is 0 Å². The molecule has 0 bridgehead atoms. The van der Waals surface area contributed by atoms with Gasteiger partial charge in [-0.05, 0) is 18.1 Å². The predicted molar refractivity (Wildman–Crippen MR) is 88.3 cm³/mol. The van der Waals surface area contributed by atoms with Crippen LogP contribution < -0.4 is 26.7 Å². The van der Waals surface area contributed by atoms with Crippen molar-refractivity contribution in [2.24, 2.45) is 5.92 Å². The third-order valence-corrected chi connectivity index (χ3v) is 3.10. The van der Waals surface area contributed by atoms with E-state index in [4.69, 9.17) is 9.57 Å². The molecule has 0 unspecified atom stereocenters. The first kappa shape index (κ1) is 17.7. The summed E-state index contributed by atoms with van der Waals surface area (Å²) in [6.45, 7) is 3.51. The molecule has 1 heterocycles. The second-order valence-electron chi connectivity index (χ2n) is 5.47. The summed E-state index contributed by atoms with van der Waals surface area (Å²) in [4.78, 5) is 32.6. The largest absolute Gasteiger partial charge is 0.378 e. The van der Waals surface area contributed by atoms with Crippen LogP contribution in [0.4, 0.5) is 4.39 Å². The molecule has 128 valence electrons. The van der Waals surface area contributed by atoms with Crippen LogP contribution in [0.5, 0.6) is 0 Å². The molecular weight excluding hydrogens is 315 g/mol. The standard InChI is InChI=1S/C17H19FN2O4/c1-11(2)8-14-16(21)20(24-10-23-3)17(22)15(19-14)9-12-6-4-5-7-13(12)18/h4-9,11,19H,10H2,1-3H3/b14-8+,15-9-. The van der Waals surface area contributed by atoms with Crippen LogP contribution in [0.3, 0.4) is 0 Å². The molecule has 1 N–H and O–H groups in total. The van der Waals surface area contributed by atoms with E-state index in [1.165, 1.54) is 25.3 Å². The SMILES string of the molecule is COCOn1c(=O)/c(=C/c2ccccc2F)[nH]/c(=C/C(C)C)c1=O. The van der Waals surface area contributed by atoms with Gasteiger partial charge in [-0.25, -0.2) is 4.39 Å². The van der Waals surface area contributed by atoms with Crippen molar-refractivity contribution in [2.45, 2.75) is 13.8 Å². The Balaban J connectivity index is 2.79. The van der Waals surface area contributed by atoms with Gasteiger partial charge in [0, 0.05) is 12.7 Å². The van der Waals surface area contributed by atoms with Gasteiger partial charge in [0.1, 0.15) is 16.5 Å². The van der Waals surface area contributed by atoms with Gasteiger partial charge in [-0.1, -0.05) is 42.9 Å². The van der Waals surface area contributed by atoms with Gasteiger partial charge < -0.3 is 14.6 Å². The highest BCUT2D eigenvalue weighted by molar-refractivity contribution is 5.48. The molecular formula is C17H19FN2O4. The van der Waals surface area contributed by atoms with E-state index >= 15 is 0 Å². The fourth-order valence-corrected chi connectivity index (χ4v) is 2.08. The summed E-state index contributed by atoms with van der Waals surface area (Å²) in [5.41, 5.74) is -1.13. The Morgan fingerprint density at radius 1 is 1.21 bits per heavy atom. The average molecular weight is 334 g/mol. The number of halogens is 1. The maximum Gasteiger partial charge on any atom is 0.310 e. The second kappa shape index (κ2) is 7.74. The summed E-state index contributed by atoms with van der Waals surface area (Å²) in [5, 5.41) is 0.214. The van der Waals surface area contributed by atoms with E-state index in [0.717, 1.165) is 0 Å². The highest BCUT2D eigenvalue weighted by Crippen LogP contribution is 2.05. The Hall–Kier alpha value is -2.67. The van der Waals surface area contributed by atoms with Crippen LogP contribution in [0.25, 0.3) is 12.2 Å². The zero-order valence-corrected chi connectivity index (χ0v) is 13.7. The number of nitrogens with zero attached hydrogens (tertiary/aromatic N) is 1. The van der Waals surface area contributed by atoms with Crippen molar-refractivity contribution in [2.75, 3.05) is 13.9 Å². The molecule has 24 heavy (non-hydrogen) atoms. The first-order chi connectivity index (χ1) is 11.4. The van der Waals surface area contributed by atoms with Crippen LogP contribution >= 0.6 is 0 Å². The number of methoxy groups -OCH3 is 1. The smallest absolute Gasteiger partial charge is 0.310 e. The lowest BCUT2D eigenvalue weighted by atomic mass is 10.2. The molecule has 0 saturated heterocycles. The maximum absolute atomic E-state index is 13.8. The molecule has 6 nitrogen and oxygen atoms in total. The fourth-order valence-electron chi connectivity index (χ4n) is 2.08. The van der Waals surface area contributed by atoms with Crippen molar-refractivity contribution < 1.29 is 14.0 Å². The van der Waals surface area contributed by atoms with E-state index in [0.29, 0.717) is 4.73 Å². The number of nitrogens with one attached hydrogen (secondary N) is 1. The van der Waals surface area contributed by atoms with Gasteiger partial charge in [-0.3, -0.25) is 9.59 Å².